The van der Waals surface area contributed by atoms with E-state index in [0.29, 0.717) is 5.56 Å². The monoisotopic (exact) mass is 254 g/mol. The summed E-state index contributed by atoms with van der Waals surface area (Å²) in [5.41, 5.74) is 7.09. The maximum absolute atomic E-state index is 11.7. The molecule has 0 aromatic heterocycles. The van der Waals surface area contributed by atoms with Gasteiger partial charge in [0, 0.05) is 11.1 Å². The summed E-state index contributed by atoms with van der Waals surface area (Å²) >= 11 is 0. The van der Waals surface area contributed by atoms with E-state index >= 15 is 0 Å². The number of benzene rings is 2. The SMILES string of the molecule is N/C(=N\OCC(=O)c1ccccc1)c1ccccc1. The van der Waals surface area contributed by atoms with Gasteiger partial charge in [-0.05, 0) is 0 Å². The number of amidine groups is 1. The van der Waals surface area contributed by atoms with Gasteiger partial charge in [-0.2, -0.15) is 0 Å². The number of nitrogens with zero attached hydrogens (tertiary/aromatic N) is 1. The largest absolute Gasteiger partial charge is 0.386 e. The Hall–Kier alpha value is -2.62. The Morgan fingerprint density at radius 3 is 2.05 bits per heavy atom. The lowest BCUT2D eigenvalue weighted by Gasteiger charge is -2.02. The van der Waals surface area contributed by atoms with Crippen LogP contribution in [0.4, 0.5) is 0 Å². The van der Waals surface area contributed by atoms with Crippen molar-refractivity contribution in [1.82, 2.24) is 0 Å². The molecule has 2 rings (SSSR count). The minimum absolute atomic E-state index is 0.127. The van der Waals surface area contributed by atoms with Crippen molar-refractivity contribution in [2.75, 3.05) is 6.61 Å². The molecule has 0 bridgehead atoms. The first-order valence-electron chi connectivity index (χ1n) is 5.86. The van der Waals surface area contributed by atoms with Gasteiger partial charge in [0.05, 0.1) is 0 Å². The summed E-state index contributed by atoms with van der Waals surface area (Å²) in [4.78, 5) is 16.7. The van der Waals surface area contributed by atoms with E-state index in [2.05, 4.69) is 5.16 Å². The fourth-order valence-electron chi connectivity index (χ4n) is 1.53. The van der Waals surface area contributed by atoms with Crippen molar-refractivity contribution in [2.45, 2.75) is 0 Å². The van der Waals surface area contributed by atoms with Crippen LogP contribution in [0.3, 0.4) is 0 Å². The van der Waals surface area contributed by atoms with Crippen LogP contribution in [0.2, 0.25) is 0 Å². The van der Waals surface area contributed by atoms with Gasteiger partial charge >= 0.3 is 0 Å². The molecule has 4 nitrogen and oxygen atoms in total. The van der Waals surface area contributed by atoms with Crippen LogP contribution in [0.15, 0.2) is 65.8 Å². The minimum atomic E-state index is -0.134. The van der Waals surface area contributed by atoms with E-state index in [-0.39, 0.29) is 18.2 Å². The summed E-state index contributed by atoms with van der Waals surface area (Å²) in [5, 5.41) is 3.73. The van der Waals surface area contributed by atoms with Crippen LogP contribution in [0.25, 0.3) is 0 Å². The second-order valence-corrected chi connectivity index (χ2v) is 3.91. The standard InChI is InChI=1S/C15H14N2O2/c16-15(13-9-5-2-6-10-13)17-19-11-14(18)12-7-3-1-4-8-12/h1-10H,11H2,(H2,16,17). The Balaban J connectivity index is 1.92. The van der Waals surface area contributed by atoms with Crippen LogP contribution in [-0.4, -0.2) is 18.2 Å². The number of carbonyl (C=O) groups excluding carboxylic acids is 1. The second-order valence-electron chi connectivity index (χ2n) is 3.91. The van der Waals surface area contributed by atoms with Crippen molar-refractivity contribution in [3.63, 3.8) is 0 Å². The highest BCUT2D eigenvalue weighted by atomic mass is 16.6. The molecule has 2 N–H and O–H groups in total. The molecule has 2 aromatic carbocycles. The average Bonchev–Trinajstić information content (AvgIpc) is 2.49. The molecule has 0 radical (unpaired) electrons. The van der Waals surface area contributed by atoms with Gasteiger partial charge in [-0.3, -0.25) is 4.79 Å². The Morgan fingerprint density at radius 1 is 0.947 bits per heavy atom. The lowest BCUT2D eigenvalue weighted by atomic mass is 10.1. The van der Waals surface area contributed by atoms with Crippen molar-refractivity contribution >= 4 is 11.6 Å². The van der Waals surface area contributed by atoms with Crippen molar-refractivity contribution in [3.05, 3.63) is 71.8 Å². The fourth-order valence-corrected chi connectivity index (χ4v) is 1.53. The lowest BCUT2D eigenvalue weighted by Crippen LogP contribution is -2.15. The number of ketones is 1. The number of oxime groups is 1. The van der Waals surface area contributed by atoms with Gasteiger partial charge in [0.15, 0.2) is 12.4 Å². The number of rotatable bonds is 5. The van der Waals surface area contributed by atoms with Gasteiger partial charge in [-0.1, -0.05) is 65.8 Å². The summed E-state index contributed by atoms with van der Waals surface area (Å²) in [7, 11) is 0. The van der Waals surface area contributed by atoms with Gasteiger partial charge < -0.3 is 10.6 Å². The van der Waals surface area contributed by atoms with Crippen LogP contribution >= 0.6 is 0 Å². The predicted molar refractivity (Wildman–Crippen MR) is 73.9 cm³/mol. The third-order valence-electron chi connectivity index (χ3n) is 2.52. The van der Waals surface area contributed by atoms with Gasteiger partial charge in [-0.15, -0.1) is 0 Å². The molecule has 0 aliphatic heterocycles. The molecule has 0 unspecified atom stereocenters. The molecule has 0 amide bonds. The molecule has 96 valence electrons. The van der Waals surface area contributed by atoms with Crippen molar-refractivity contribution in [2.24, 2.45) is 10.9 Å². The summed E-state index contributed by atoms with van der Waals surface area (Å²) in [5.74, 6) is 0.117. The maximum atomic E-state index is 11.7. The molecule has 19 heavy (non-hydrogen) atoms. The number of hydrogen-bond acceptors (Lipinski definition) is 3. The number of Topliss-reactive ketones (excluding diaryl/α,β-unsaturated/α-hetero) is 1. The van der Waals surface area contributed by atoms with Gasteiger partial charge in [-0.25, -0.2) is 0 Å². The van der Waals surface area contributed by atoms with Crippen LogP contribution in [-0.2, 0) is 4.84 Å². The van der Waals surface area contributed by atoms with E-state index < -0.39 is 0 Å². The number of hydrogen-bond donors (Lipinski definition) is 1. The van der Waals surface area contributed by atoms with Crippen LogP contribution in [0, 0.1) is 0 Å². The van der Waals surface area contributed by atoms with Gasteiger partial charge in [0.1, 0.15) is 0 Å². The number of nitrogens with two attached hydrogens (primary N) is 1. The molecule has 0 saturated carbocycles. The first-order valence-corrected chi connectivity index (χ1v) is 5.86. The average molecular weight is 254 g/mol. The molecule has 0 saturated heterocycles. The zero-order valence-corrected chi connectivity index (χ0v) is 10.3. The summed E-state index contributed by atoms with van der Waals surface area (Å²) < 4.78 is 0. The smallest absolute Gasteiger partial charge is 0.203 e. The Morgan fingerprint density at radius 2 is 1.47 bits per heavy atom. The topological polar surface area (TPSA) is 64.7 Å². The van der Waals surface area contributed by atoms with Gasteiger partial charge in [0.25, 0.3) is 0 Å². The van der Waals surface area contributed by atoms with E-state index in [9.17, 15) is 4.79 Å². The lowest BCUT2D eigenvalue weighted by molar-refractivity contribution is 0.0776. The molecule has 0 atom stereocenters. The predicted octanol–water partition coefficient (Wildman–Crippen LogP) is 2.21. The summed E-state index contributed by atoms with van der Waals surface area (Å²) in [6.45, 7) is -0.127. The molecule has 0 spiro atoms. The van der Waals surface area contributed by atoms with Crippen LogP contribution < -0.4 is 5.73 Å². The first kappa shape index (κ1) is 12.8. The quantitative estimate of drug-likeness (QED) is 0.385. The molecule has 4 heteroatoms. The summed E-state index contributed by atoms with van der Waals surface area (Å²) in [6, 6.07) is 18.2. The Labute approximate surface area is 111 Å². The highest BCUT2D eigenvalue weighted by molar-refractivity contribution is 5.98. The molecular formula is C15H14N2O2. The third-order valence-corrected chi connectivity index (χ3v) is 2.52. The number of carbonyl (C=O) groups is 1. The first-order chi connectivity index (χ1) is 9.27. The normalized spacial score (nSPS) is 11.1. The van der Waals surface area contributed by atoms with E-state index in [1.54, 1.807) is 24.3 Å². The van der Waals surface area contributed by atoms with E-state index in [0.717, 1.165) is 5.56 Å². The highest BCUT2D eigenvalue weighted by Gasteiger charge is 2.05. The molecular weight excluding hydrogens is 240 g/mol. The molecule has 2 aromatic rings. The molecule has 0 aliphatic rings. The third kappa shape index (κ3) is 3.67. The van der Waals surface area contributed by atoms with Crippen molar-refractivity contribution in [1.29, 1.82) is 0 Å². The zero-order chi connectivity index (χ0) is 13.5. The maximum Gasteiger partial charge on any atom is 0.203 e. The van der Waals surface area contributed by atoms with Crippen LogP contribution in [0.5, 0.6) is 0 Å². The van der Waals surface area contributed by atoms with E-state index in [4.69, 9.17) is 10.6 Å². The Bertz CT molecular complexity index is 565. The van der Waals surface area contributed by atoms with Crippen LogP contribution in [0.1, 0.15) is 15.9 Å². The summed E-state index contributed by atoms with van der Waals surface area (Å²) in [6.07, 6.45) is 0. The molecule has 0 aliphatic carbocycles. The van der Waals surface area contributed by atoms with Crippen molar-refractivity contribution < 1.29 is 9.63 Å². The highest BCUT2D eigenvalue weighted by Crippen LogP contribution is 2.01. The molecule has 0 fully saturated rings. The van der Waals surface area contributed by atoms with E-state index in [1.807, 2.05) is 36.4 Å². The fraction of sp³-hybridized carbons (Fsp3) is 0.0667. The van der Waals surface area contributed by atoms with Crippen molar-refractivity contribution in [3.8, 4) is 0 Å². The van der Waals surface area contributed by atoms with E-state index in [1.165, 1.54) is 0 Å². The second kappa shape index (κ2) is 6.35. The van der Waals surface area contributed by atoms with Gasteiger partial charge in [0.2, 0.25) is 5.78 Å². The minimum Gasteiger partial charge on any atom is -0.386 e. The zero-order valence-electron chi connectivity index (χ0n) is 10.3. The Kier molecular flexibility index (Phi) is 4.29. The molecule has 0 heterocycles.